The van der Waals surface area contributed by atoms with Gasteiger partial charge in [0.2, 0.25) is 0 Å². The highest BCUT2D eigenvalue weighted by Gasteiger charge is 2.22. The van der Waals surface area contributed by atoms with E-state index in [0.717, 1.165) is 0 Å². The highest BCUT2D eigenvalue weighted by atomic mass is 35.5. The molecule has 0 radical (unpaired) electrons. The van der Waals surface area contributed by atoms with Gasteiger partial charge in [0.1, 0.15) is 16.7 Å². The van der Waals surface area contributed by atoms with Crippen molar-refractivity contribution in [3.63, 3.8) is 0 Å². The molecular weight excluding hydrogens is 439 g/mol. The molecule has 0 saturated heterocycles. The molecule has 27 heavy (non-hydrogen) atoms. The molecule has 2 N–H and O–H groups in total. The van der Waals surface area contributed by atoms with E-state index in [-0.39, 0.29) is 32.4 Å². The molecule has 3 rings (SSSR count). The van der Waals surface area contributed by atoms with Gasteiger partial charge < -0.3 is 9.47 Å². The number of methoxy groups -OCH3 is 2. The molecule has 1 aromatic carbocycles. The molecule has 0 saturated carbocycles. The number of halogens is 3. The number of fused-ring (bicyclic) bond motifs is 1. The Kier molecular flexibility index (Phi) is 5.87. The summed E-state index contributed by atoms with van der Waals surface area (Å²) in [6, 6.07) is 2.99. The van der Waals surface area contributed by atoms with E-state index < -0.39 is 11.3 Å². The molecule has 8 nitrogen and oxygen atoms in total. The van der Waals surface area contributed by atoms with Crippen molar-refractivity contribution in [1.82, 2.24) is 15.0 Å². The quantitative estimate of drug-likeness (QED) is 0.443. The van der Waals surface area contributed by atoms with E-state index in [1.54, 1.807) is 0 Å². The van der Waals surface area contributed by atoms with Crippen molar-refractivity contribution in [3.8, 4) is 22.9 Å². The van der Waals surface area contributed by atoms with Crippen LogP contribution in [0.15, 0.2) is 18.3 Å². The van der Waals surface area contributed by atoms with E-state index in [2.05, 4.69) is 19.7 Å². The molecule has 2 aromatic heterocycles. The van der Waals surface area contributed by atoms with Gasteiger partial charge in [-0.25, -0.2) is 19.2 Å². The summed E-state index contributed by atoms with van der Waals surface area (Å²) in [6.07, 6.45) is 1.40. The van der Waals surface area contributed by atoms with Gasteiger partial charge in [-0.2, -0.15) is 0 Å². The monoisotopic (exact) mass is 448 g/mol. The topological polar surface area (TPSA) is 106 Å². The Labute approximate surface area is 171 Å². The Hall–Kier alpha value is -1.91. The minimum absolute atomic E-state index is 0.0500. The molecular formula is C15H11Cl3N4O4S. The number of hydrogen-bond acceptors (Lipinski definition) is 6. The van der Waals surface area contributed by atoms with Crippen LogP contribution in [-0.2, 0) is 11.3 Å². The summed E-state index contributed by atoms with van der Waals surface area (Å²) in [5.74, 6) is 0.720. The molecule has 0 aliphatic heterocycles. The van der Waals surface area contributed by atoms with Crippen molar-refractivity contribution >= 4 is 62.8 Å². The lowest BCUT2D eigenvalue weighted by molar-refractivity contribution is 0.395. The SMILES string of the molecule is COc1cc(OC)c(Cl)c(-c2nc(NS(=O)O)c3cc(Cl)ncc3n2)c1Cl. The first-order valence-electron chi connectivity index (χ1n) is 7.16. The molecule has 3 aromatic rings. The van der Waals surface area contributed by atoms with Crippen molar-refractivity contribution in [2.24, 2.45) is 0 Å². The van der Waals surface area contributed by atoms with Crippen LogP contribution in [0.3, 0.4) is 0 Å². The number of nitrogens with zero attached hydrogens (tertiary/aromatic N) is 3. The van der Waals surface area contributed by atoms with E-state index >= 15 is 0 Å². The Balaban J connectivity index is 2.35. The first kappa shape index (κ1) is 19.8. The fraction of sp³-hybridized carbons (Fsp3) is 0.133. The van der Waals surface area contributed by atoms with Gasteiger partial charge in [0, 0.05) is 11.5 Å². The fourth-order valence-electron chi connectivity index (χ4n) is 2.36. The van der Waals surface area contributed by atoms with Gasteiger partial charge in [-0.05, 0) is 6.07 Å². The van der Waals surface area contributed by atoms with Crippen LogP contribution in [0.5, 0.6) is 11.5 Å². The Morgan fingerprint density at radius 3 is 2.26 bits per heavy atom. The second kappa shape index (κ2) is 7.99. The van der Waals surface area contributed by atoms with Crippen LogP contribution in [-0.4, -0.2) is 37.9 Å². The largest absolute Gasteiger partial charge is 0.495 e. The van der Waals surface area contributed by atoms with Crippen LogP contribution in [0.1, 0.15) is 0 Å². The molecule has 1 atom stereocenters. The first-order valence-corrected chi connectivity index (χ1v) is 9.41. The summed E-state index contributed by atoms with van der Waals surface area (Å²) >= 11 is 16.3. The Morgan fingerprint density at radius 2 is 1.70 bits per heavy atom. The van der Waals surface area contributed by atoms with Gasteiger partial charge in [0.05, 0.1) is 41.5 Å². The highest BCUT2D eigenvalue weighted by Crippen LogP contribution is 2.45. The average molecular weight is 450 g/mol. The maximum absolute atomic E-state index is 11.3. The van der Waals surface area contributed by atoms with Crippen molar-refractivity contribution in [3.05, 3.63) is 33.5 Å². The normalized spacial score (nSPS) is 12.1. The number of rotatable bonds is 5. The molecule has 0 aliphatic rings. The minimum Gasteiger partial charge on any atom is -0.495 e. The number of pyridine rings is 1. The second-order valence-corrected chi connectivity index (χ2v) is 6.90. The number of nitrogens with one attached hydrogen (secondary N) is 1. The van der Waals surface area contributed by atoms with Crippen LogP contribution < -0.4 is 14.2 Å². The molecule has 0 amide bonds. The van der Waals surface area contributed by atoms with Gasteiger partial charge in [0.25, 0.3) is 11.3 Å². The van der Waals surface area contributed by atoms with Crippen molar-refractivity contribution < 1.29 is 18.2 Å². The van der Waals surface area contributed by atoms with E-state index in [4.69, 9.17) is 44.3 Å². The summed E-state index contributed by atoms with van der Waals surface area (Å²) in [5, 5.41) is 0.870. The number of aromatic nitrogens is 3. The van der Waals surface area contributed by atoms with Crippen LogP contribution in [0, 0.1) is 0 Å². The van der Waals surface area contributed by atoms with E-state index in [1.807, 2.05) is 0 Å². The number of anilines is 1. The fourth-order valence-corrected chi connectivity index (χ4v) is 3.51. The highest BCUT2D eigenvalue weighted by molar-refractivity contribution is 7.80. The lowest BCUT2D eigenvalue weighted by Crippen LogP contribution is -2.07. The van der Waals surface area contributed by atoms with Gasteiger partial charge in [0.15, 0.2) is 11.6 Å². The molecule has 0 fully saturated rings. The van der Waals surface area contributed by atoms with Crippen molar-refractivity contribution in [2.75, 3.05) is 18.9 Å². The van der Waals surface area contributed by atoms with E-state index in [9.17, 15) is 8.76 Å². The zero-order valence-electron chi connectivity index (χ0n) is 13.8. The van der Waals surface area contributed by atoms with Crippen LogP contribution >= 0.6 is 34.8 Å². The Morgan fingerprint density at radius 1 is 1.07 bits per heavy atom. The molecule has 0 spiro atoms. The lowest BCUT2D eigenvalue weighted by Gasteiger charge is -2.15. The van der Waals surface area contributed by atoms with Crippen LogP contribution in [0.2, 0.25) is 15.2 Å². The third-order valence-electron chi connectivity index (χ3n) is 3.53. The third kappa shape index (κ3) is 3.87. The van der Waals surface area contributed by atoms with Gasteiger partial charge in [-0.1, -0.05) is 34.8 Å². The van der Waals surface area contributed by atoms with Crippen LogP contribution in [0.25, 0.3) is 22.3 Å². The molecule has 0 bridgehead atoms. The second-order valence-electron chi connectivity index (χ2n) is 5.06. The number of benzene rings is 1. The average Bonchev–Trinajstić information content (AvgIpc) is 2.62. The predicted molar refractivity (Wildman–Crippen MR) is 105 cm³/mol. The third-order valence-corrected chi connectivity index (χ3v) is 4.86. The summed E-state index contributed by atoms with van der Waals surface area (Å²) < 4.78 is 33.3. The summed E-state index contributed by atoms with van der Waals surface area (Å²) in [7, 11) is 2.88. The predicted octanol–water partition coefficient (Wildman–Crippen LogP) is 4.22. The smallest absolute Gasteiger partial charge is 0.260 e. The summed E-state index contributed by atoms with van der Waals surface area (Å²) in [4.78, 5) is 12.6. The maximum atomic E-state index is 11.3. The molecule has 12 heteroatoms. The number of ether oxygens (including phenoxy) is 2. The summed E-state index contributed by atoms with van der Waals surface area (Å²) in [5.41, 5.74) is 0.587. The van der Waals surface area contributed by atoms with Gasteiger partial charge in [-0.3, -0.25) is 9.27 Å². The summed E-state index contributed by atoms with van der Waals surface area (Å²) in [6.45, 7) is 0. The molecule has 2 heterocycles. The minimum atomic E-state index is -2.39. The van der Waals surface area contributed by atoms with Gasteiger partial charge in [-0.15, -0.1) is 0 Å². The lowest BCUT2D eigenvalue weighted by atomic mass is 10.1. The van der Waals surface area contributed by atoms with E-state index in [1.165, 1.54) is 32.5 Å². The first-order chi connectivity index (χ1) is 12.8. The molecule has 1 unspecified atom stereocenters. The van der Waals surface area contributed by atoms with Crippen molar-refractivity contribution in [2.45, 2.75) is 0 Å². The van der Waals surface area contributed by atoms with Gasteiger partial charge >= 0.3 is 0 Å². The maximum Gasteiger partial charge on any atom is 0.260 e. The molecule has 0 aliphatic carbocycles. The van der Waals surface area contributed by atoms with E-state index in [0.29, 0.717) is 22.4 Å². The standard InChI is InChI=1S/C15H11Cl3N4O4S/c1-25-8-4-9(26-2)13(18)11(12(8)17)15-20-7-5-19-10(16)3-6(7)14(21-15)22-27(23)24/h3-5H,1-2H3,(H,23,24)(H,20,21,22). The van der Waals surface area contributed by atoms with Crippen LogP contribution in [0.4, 0.5) is 5.82 Å². The zero-order chi connectivity index (χ0) is 19.7. The zero-order valence-corrected chi connectivity index (χ0v) is 16.9. The number of hydrogen-bond donors (Lipinski definition) is 2. The molecule has 142 valence electrons. The Bertz CT molecular complexity index is 1040. The van der Waals surface area contributed by atoms with Crippen molar-refractivity contribution in [1.29, 1.82) is 0 Å².